The predicted molar refractivity (Wildman–Crippen MR) is 42.3 cm³/mol. The number of hydrogen-bond donors (Lipinski definition) is 1. The van der Waals surface area contributed by atoms with E-state index in [0.29, 0.717) is 0 Å². The van der Waals surface area contributed by atoms with Crippen LogP contribution < -0.4 is 5.32 Å². The zero-order valence-corrected chi connectivity index (χ0v) is 7.51. The van der Waals surface area contributed by atoms with E-state index in [1.165, 1.54) is 0 Å². The lowest BCUT2D eigenvalue weighted by Crippen LogP contribution is -2.54. The molecule has 1 atom stereocenters. The van der Waals surface area contributed by atoms with Crippen molar-refractivity contribution in [2.24, 2.45) is 5.92 Å². The first-order valence-electron chi connectivity index (χ1n) is 3.91. The van der Waals surface area contributed by atoms with Crippen LogP contribution in [0.5, 0.6) is 0 Å². The lowest BCUT2D eigenvalue weighted by atomic mass is 9.82. The molecule has 1 unspecified atom stereocenters. The van der Waals surface area contributed by atoms with Crippen molar-refractivity contribution in [3.8, 4) is 0 Å². The molecule has 0 aromatic heterocycles. The van der Waals surface area contributed by atoms with Crippen molar-refractivity contribution in [3.63, 3.8) is 0 Å². The third kappa shape index (κ3) is 1.42. The van der Waals surface area contributed by atoms with Gasteiger partial charge in [-0.1, -0.05) is 0 Å². The molecular weight excluding hydrogens is 158 g/mol. The van der Waals surface area contributed by atoms with Crippen LogP contribution in [0, 0.1) is 5.92 Å². The average molecular weight is 171 g/mol. The van der Waals surface area contributed by atoms with Gasteiger partial charge in [0.25, 0.3) is 0 Å². The molecule has 0 aliphatic carbocycles. The van der Waals surface area contributed by atoms with Crippen LogP contribution in [0.3, 0.4) is 0 Å². The van der Waals surface area contributed by atoms with Crippen molar-refractivity contribution in [2.75, 3.05) is 7.05 Å². The topological polar surface area (TPSA) is 55.4 Å². The number of esters is 1. The highest BCUT2D eigenvalue weighted by Crippen LogP contribution is 2.35. The summed E-state index contributed by atoms with van der Waals surface area (Å²) in [5, 5.41) is 2.48. The number of carbonyl (C=O) groups is 2. The van der Waals surface area contributed by atoms with Gasteiger partial charge >= 0.3 is 5.97 Å². The molecule has 1 fully saturated rings. The van der Waals surface area contributed by atoms with Crippen molar-refractivity contribution >= 4 is 11.9 Å². The van der Waals surface area contributed by atoms with Gasteiger partial charge in [0.05, 0.1) is 0 Å². The first kappa shape index (κ1) is 9.03. The highest BCUT2D eigenvalue weighted by atomic mass is 16.6. The van der Waals surface area contributed by atoms with Crippen molar-refractivity contribution in [1.29, 1.82) is 0 Å². The van der Waals surface area contributed by atoms with Gasteiger partial charge < -0.3 is 10.1 Å². The number of rotatable bonds is 2. The minimum Gasteiger partial charge on any atom is -0.458 e. The summed E-state index contributed by atoms with van der Waals surface area (Å²) in [7, 11) is 1.55. The Hall–Kier alpha value is -1.06. The van der Waals surface area contributed by atoms with Crippen LogP contribution >= 0.6 is 0 Å². The second-order valence-electron chi connectivity index (χ2n) is 3.45. The van der Waals surface area contributed by atoms with E-state index in [0.717, 1.165) is 0 Å². The van der Waals surface area contributed by atoms with Gasteiger partial charge in [0.1, 0.15) is 11.5 Å². The molecule has 0 bridgehead atoms. The summed E-state index contributed by atoms with van der Waals surface area (Å²) in [5.74, 6) is -0.675. The molecule has 1 heterocycles. The van der Waals surface area contributed by atoms with E-state index < -0.39 is 5.60 Å². The van der Waals surface area contributed by atoms with E-state index in [-0.39, 0.29) is 24.2 Å². The Morgan fingerprint density at radius 2 is 2.25 bits per heavy atom. The molecule has 4 heteroatoms. The first-order valence-corrected chi connectivity index (χ1v) is 3.91. The molecule has 1 saturated heterocycles. The molecule has 4 nitrogen and oxygen atoms in total. The third-order valence-corrected chi connectivity index (χ3v) is 2.16. The SMILES string of the molecule is CNC(=O)CC1C(=O)OC1(C)C. The summed E-state index contributed by atoms with van der Waals surface area (Å²) in [6.45, 7) is 3.62. The van der Waals surface area contributed by atoms with E-state index in [1.807, 2.05) is 13.8 Å². The normalized spacial score (nSPS) is 25.6. The number of carbonyl (C=O) groups excluding carboxylic acids is 2. The van der Waals surface area contributed by atoms with Crippen molar-refractivity contribution < 1.29 is 14.3 Å². The van der Waals surface area contributed by atoms with E-state index in [4.69, 9.17) is 4.74 Å². The quantitative estimate of drug-likeness (QED) is 0.598. The van der Waals surface area contributed by atoms with Gasteiger partial charge in [-0.25, -0.2) is 0 Å². The molecule has 1 N–H and O–H groups in total. The summed E-state index contributed by atoms with van der Waals surface area (Å²) < 4.78 is 4.87. The fraction of sp³-hybridized carbons (Fsp3) is 0.750. The van der Waals surface area contributed by atoms with E-state index >= 15 is 0 Å². The Kier molecular flexibility index (Phi) is 2.08. The number of ether oxygens (including phenoxy) is 1. The molecule has 0 radical (unpaired) electrons. The number of hydrogen-bond acceptors (Lipinski definition) is 3. The minimum absolute atomic E-state index is 0.121. The number of nitrogens with one attached hydrogen (secondary N) is 1. The molecule has 0 saturated carbocycles. The molecule has 0 aromatic rings. The Bertz CT molecular complexity index is 222. The monoisotopic (exact) mass is 171 g/mol. The van der Waals surface area contributed by atoms with Gasteiger partial charge in [0.15, 0.2) is 0 Å². The van der Waals surface area contributed by atoms with Crippen LogP contribution in [-0.4, -0.2) is 24.5 Å². The van der Waals surface area contributed by atoms with Gasteiger partial charge in [-0.3, -0.25) is 9.59 Å². The van der Waals surface area contributed by atoms with E-state index in [9.17, 15) is 9.59 Å². The van der Waals surface area contributed by atoms with Crippen LogP contribution in [-0.2, 0) is 14.3 Å². The lowest BCUT2D eigenvalue weighted by Gasteiger charge is -2.41. The number of amides is 1. The molecule has 0 spiro atoms. The molecule has 68 valence electrons. The van der Waals surface area contributed by atoms with Crippen LogP contribution in [0.2, 0.25) is 0 Å². The maximum absolute atomic E-state index is 10.9. The standard InChI is InChI=1S/C8H13NO3/c1-8(2)5(7(11)12-8)4-6(10)9-3/h5H,4H2,1-3H3,(H,9,10). The van der Waals surface area contributed by atoms with Crippen LogP contribution in [0.4, 0.5) is 0 Å². The molecule has 1 rings (SSSR count). The molecule has 1 aliphatic heterocycles. The smallest absolute Gasteiger partial charge is 0.314 e. The summed E-state index contributed by atoms with van der Waals surface area (Å²) in [4.78, 5) is 21.8. The molecule has 1 amide bonds. The second kappa shape index (κ2) is 2.77. The van der Waals surface area contributed by atoms with Gasteiger partial charge in [-0.05, 0) is 13.8 Å². The summed E-state index contributed by atoms with van der Waals surface area (Å²) >= 11 is 0. The van der Waals surface area contributed by atoms with Crippen LogP contribution in [0.25, 0.3) is 0 Å². The fourth-order valence-corrected chi connectivity index (χ4v) is 1.24. The van der Waals surface area contributed by atoms with Gasteiger partial charge in [0, 0.05) is 13.5 Å². The summed E-state index contributed by atoms with van der Waals surface area (Å²) in [6, 6.07) is 0. The van der Waals surface area contributed by atoms with Crippen LogP contribution in [0.15, 0.2) is 0 Å². The van der Waals surface area contributed by atoms with Crippen molar-refractivity contribution in [2.45, 2.75) is 25.9 Å². The van der Waals surface area contributed by atoms with Crippen LogP contribution in [0.1, 0.15) is 20.3 Å². The zero-order valence-electron chi connectivity index (χ0n) is 7.51. The number of cyclic esters (lactones) is 1. The average Bonchev–Trinajstić information content (AvgIpc) is 1.99. The lowest BCUT2D eigenvalue weighted by molar-refractivity contribution is -0.205. The molecule has 0 aromatic carbocycles. The maximum atomic E-state index is 10.9. The largest absolute Gasteiger partial charge is 0.458 e. The fourth-order valence-electron chi connectivity index (χ4n) is 1.24. The Morgan fingerprint density at radius 1 is 1.67 bits per heavy atom. The van der Waals surface area contributed by atoms with E-state index in [2.05, 4.69) is 5.32 Å². The Labute approximate surface area is 71.3 Å². The van der Waals surface area contributed by atoms with Gasteiger partial charge in [-0.15, -0.1) is 0 Å². The first-order chi connectivity index (χ1) is 5.47. The second-order valence-corrected chi connectivity index (χ2v) is 3.45. The molecular formula is C8H13NO3. The predicted octanol–water partition coefficient (Wildman–Crippen LogP) is 0.0741. The Balaban J connectivity index is 2.52. The highest BCUT2D eigenvalue weighted by molar-refractivity contribution is 5.87. The summed E-state index contributed by atoms with van der Waals surface area (Å²) in [5.41, 5.74) is -0.469. The van der Waals surface area contributed by atoms with E-state index in [1.54, 1.807) is 7.05 Å². The summed E-state index contributed by atoms with van der Waals surface area (Å²) in [6.07, 6.45) is 0.225. The van der Waals surface area contributed by atoms with Gasteiger partial charge in [0.2, 0.25) is 5.91 Å². The molecule has 1 aliphatic rings. The minimum atomic E-state index is -0.469. The zero-order chi connectivity index (χ0) is 9.35. The Morgan fingerprint density at radius 3 is 2.58 bits per heavy atom. The van der Waals surface area contributed by atoms with Crippen molar-refractivity contribution in [3.05, 3.63) is 0 Å². The highest BCUT2D eigenvalue weighted by Gasteiger charge is 2.50. The third-order valence-electron chi connectivity index (χ3n) is 2.16. The maximum Gasteiger partial charge on any atom is 0.314 e. The van der Waals surface area contributed by atoms with Gasteiger partial charge in [-0.2, -0.15) is 0 Å². The van der Waals surface area contributed by atoms with Crippen molar-refractivity contribution in [1.82, 2.24) is 5.32 Å². The molecule has 12 heavy (non-hydrogen) atoms.